The molecule has 0 amide bonds. The molecule has 4 heteroatoms. The molecule has 0 atom stereocenters. The number of esters is 1. The third-order valence-electron chi connectivity index (χ3n) is 2.80. The Kier molecular flexibility index (Phi) is 3.60. The highest BCUT2D eigenvalue weighted by Gasteiger charge is 2.42. The predicted molar refractivity (Wildman–Crippen MR) is 67.8 cm³/mol. The van der Waals surface area contributed by atoms with Gasteiger partial charge in [-0.05, 0) is 11.1 Å². The summed E-state index contributed by atoms with van der Waals surface area (Å²) >= 11 is 0. The standard InChI is InChI=1S/C15H12F2O2/c1-19-14(18)15(16,17)13-9-7-12(8-10-13)11-5-3-2-4-6-11/h2-10H,1H3. The largest absolute Gasteiger partial charge is 0.464 e. The van der Waals surface area contributed by atoms with E-state index in [1.165, 1.54) is 12.1 Å². The second-order valence-corrected chi connectivity index (χ2v) is 4.01. The molecule has 0 fully saturated rings. The lowest BCUT2D eigenvalue weighted by atomic mass is 10.0. The number of methoxy groups -OCH3 is 1. The van der Waals surface area contributed by atoms with E-state index >= 15 is 0 Å². The van der Waals surface area contributed by atoms with Crippen LogP contribution in [0.4, 0.5) is 8.78 Å². The van der Waals surface area contributed by atoms with Gasteiger partial charge in [-0.15, -0.1) is 0 Å². The van der Waals surface area contributed by atoms with Gasteiger partial charge in [0.1, 0.15) is 0 Å². The number of benzene rings is 2. The van der Waals surface area contributed by atoms with Crippen LogP contribution >= 0.6 is 0 Å². The summed E-state index contributed by atoms with van der Waals surface area (Å²) in [5, 5.41) is 0. The van der Waals surface area contributed by atoms with Gasteiger partial charge in [-0.25, -0.2) is 4.79 Å². The molecule has 0 aliphatic rings. The van der Waals surface area contributed by atoms with Gasteiger partial charge < -0.3 is 4.74 Å². The zero-order valence-electron chi connectivity index (χ0n) is 10.3. The molecule has 98 valence electrons. The summed E-state index contributed by atoms with van der Waals surface area (Å²) in [5.74, 6) is -5.18. The highest BCUT2D eigenvalue weighted by Crippen LogP contribution is 2.31. The van der Waals surface area contributed by atoms with Crippen LogP contribution in [0.3, 0.4) is 0 Å². The van der Waals surface area contributed by atoms with Crippen molar-refractivity contribution in [2.75, 3.05) is 7.11 Å². The Hall–Kier alpha value is -2.23. The van der Waals surface area contributed by atoms with Crippen LogP contribution in [0.5, 0.6) is 0 Å². The molecule has 0 saturated carbocycles. The Morgan fingerprint density at radius 2 is 1.47 bits per heavy atom. The Morgan fingerprint density at radius 3 is 2.00 bits per heavy atom. The van der Waals surface area contributed by atoms with Gasteiger partial charge in [-0.1, -0.05) is 54.6 Å². The first-order chi connectivity index (χ1) is 9.05. The van der Waals surface area contributed by atoms with E-state index in [9.17, 15) is 13.6 Å². The number of carbonyl (C=O) groups is 1. The third kappa shape index (κ3) is 2.62. The Morgan fingerprint density at radius 1 is 0.947 bits per heavy atom. The maximum Gasteiger partial charge on any atom is 0.381 e. The average molecular weight is 262 g/mol. The molecule has 0 radical (unpaired) electrons. The molecule has 0 spiro atoms. The van der Waals surface area contributed by atoms with Crippen molar-refractivity contribution in [3.05, 3.63) is 60.2 Å². The molecule has 2 nitrogen and oxygen atoms in total. The number of rotatable bonds is 3. The lowest BCUT2D eigenvalue weighted by Gasteiger charge is -2.14. The predicted octanol–water partition coefficient (Wildman–Crippen LogP) is 3.62. The van der Waals surface area contributed by atoms with Crippen molar-refractivity contribution in [1.82, 2.24) is 0 Å². The van der Waals surface area contributed by atoms with Gasteiger partial charge in [0, 0.05) is 5.56 Å². The van der Waals surface area contributed by atoms with Crippen LogP contribution in [0.1, 0.15) is 5.56 Å². The molecular formula is C15H12F2O2. The summed E-state index contributed by atoms with van der Waals surface area (Å²) in [4.78, 5) is 11.0. The van der Waals surface area contributed by atoms with E-state index in [2.05, 4.69) is 4.74 Å². The van der Waals surface area contributed by atoms with E-state index in [-0.39, 0.29) is 5.56 Å². The van der Waals surface area contributed by atoms with Crippen molar-refractivity contribution < 1.29 is 18.3 Å². The smallest absolute Gasteiger partial charge is 0.381 e. The second kappa shape index (κ2) is 5.18. The molecule has 2 rings (SSSR count). The summed E-state index contributed by atoms with van der Waals surface area (Å²) in [6.07, 6.45) is 0. The molecule has 0 N–H and O–H groups in total. The maximum atomic E-state index is 13.6. The molecule has 0 aromatic heterocycles. The average Bonchev–Trinajstić information content (AvgIpc) is 2.47. The number of hydrogen-bond acceptors (Lipinski definition) is 2. The number of ether oxygens (including phenoxy) is 1. The molecule has 19 heavy (non-hydrogen) atoms. The molecule has 0 aliphatic heterocycles. The summed E-state index contributed by atoms with van der Waals surface area (Å²) < 4.78 is 31.3. The Bertz CT molecular complexity index is 562. The van der Waals surface area contributed by atoms with Gasteiger partial charge in [0.15, 0.2) is 0 Å². The minimum Gasteiger partial charge on any atom is -0.464 e. The first kappa shape index (κ1) is 13.2. The van der Waals surface area contributed by atoms with Crippen LogP contribution in [0.15, 0.2) is 54.6 Å². The fourth-order valence-electron chi connectivity index (χ4n) is 1.75. The lowest BCUT2D eigenvalue weighted by molar-refractivity contribution is -0.170. The fraction of sp³-hybridized carbons (Fsp3) is 0.133. The van der Waals surface area contributed by atoms with Crippen LogP contribution in [-0.4, -0.2) is 13.1 Å². The van der Waals surface area contributed by atoms with Crippen LogP contribution in [0.25, 0.3) is 11.1 Å². The van der Waals surface area contributed by atoms with Crippen LogP contribution in [0, 0.1) is 0 Å². The highest BCUT2D eigenvalue weighted by atomic mass is 19.3. The normalized spacial score (nSPS) is 11.1. The summed E-state index contributed by atoms with van der Waals surface area (Å²) in [6, 6.07) is 15.0. The van der Waals surface area contributed by atoms with Gasteiger partial charge >= 0.3 is 11.9 Å². The van der Waals surface area contributed by atoms with Crippen molar-refractivity contribution in [2.24, 2.45) is 0 Å². The van der Waals surface area contributed by atoms with Crippen LogP contribution in [0.2, 0.25) is 0 Å². The van der Waals surface area contributed by atoms with Crippen LogP contribution < -0.4 is 0 Å². The summed E-state index contributed by atoms with van der Waals surface area (Å²) in [6.45, 7) is 0. The van der Waals surface area contributed by atoms with Crippen LogP contribution in [-0.2, 0) is 15.5 Å². The lowest BCUT2D eigenvalue weighted by Crippen LogP contribution is -2.27. The summed E-state index contributed by atoms with van der Waals surface area (Å²) in [7, 11) is 0.939. The SMILES string of the molecule is COC(=O)C(F)(F)c1ccc(-c2ccccc2)cc1. The molecule has 0 heterocycles. The fourth-order valence-corrected chi connectivity index (χ4v) is 1.75. The quantitative estimate of drug-likeness (QED) is 0.790. The number of hydrogen-bond donors (Lipinski definition) is 0. The highest BCUT2D eigenvalue weighted by molar-refractivity contribution is 5.79. The zero-order chi connectivity index (χ0) is 13.9. The van der Waals surface area contributed by atoms with E-state index in [0.29, 0.717) is 0 Å². The second-order valence-electron chi connectivity index (χ2n) is 4.01. The third-order valence-corrected chi connectivity index (χ3v) is 2.80. The van der Waals surface area contributed by atoms with E-state index in [0.717, 1.165) is 18.2 Å². The number of carbonyl (C=O) groups excluding carboxylic acids is 1. The zero-order valence-corrected chi connectivity index (χ0v) is 10.3. The molecule has 0 unspecified atom stereocenters. The number of alkyl halides is 2. The van der Waals surface area contributed by atoms with Crippen molar-refractivity contribution >= 4 is 5.97 Å². The molecule has 2 aromatic rings. The molecular weight excluding hydrogens is 250 g/mol. The minimum absolute atomic E-state index is 0.376. The Labute approximate surface area is 109 Å². The van der Waals surface area contributed by atoms with E-state index in [1.807, 2.05) is 30.3 Å². The number of halogens is 2. The molecule has 0 bridgehead atoms. The Balaban J connectivity index is 2.31. The summed E-state index contributed by atoms with van der Waals surface area (Å²) in [5.41, 5.74) is 1.36. The van der Waals surface area contributed by atoms with E-state index in [4.69, 9.17) is 0 Å². The van der Waals surface area contributed by atoms with Gasteiger partial charge in [-0.2, -0.15) is 8.78 Å². The molecule has 0 aliphatic carbocycles. The van der Waals surface area contributed by atoms with Gasteiger partial charge in [-0.3, -0.25) is 0 Å². The minimum atomic E-state index is -3.62. The van der Waals surface area contributed by atoms with E-state index < -0.39 is 11.9 Å². The van der Waals surface area contributed by atoms with Gasteiger partial charge in [0.2, 0.25) is 0 Å². The van der Waals surface area contributed by atoms with E-state index in [1.54, 1.807) is 12.1 Å². The maximum absolute atomic E-state index is 13.6. The van der Waals surface area contributed by atoms with Crippen molar-refractivity contribution in [1.29, 1.82) is 0 Å². The van der Waals surface area contributed by atoms with Crippen molar-refractivity contribution in [3.8, 4) is 11.1 Å². The van der Waals surface area contributed by atoms with Crippen molar-refractivity contribution in [3.63, 3.8) is 0 Å². The van der Waals surface area contributed by atoms with Gasteiger partial charge in [0.05, 0.1) is 7.11 Å². The van der Waals surface area contributed by atoms with Gasteiger partial charge in [0.25, 0.3) is 0 Å². The first-order valence-corrected chi connectivity index (χ1v) is 5.68. The topological polar surface area (TPSA) is 26.3 Å². The molecule has 2 aromatic carbocycles. The monoisotopic (exact) mass is 262 g/mol. The first-order valence-electron chi connectivity index (χ1n) is 5.68. The van der Waals surface area contributed by atoms with Crippen molar-refractivity contribution in [2.45, 2.75) is 5.92 Å². The molecule has 0 saturated heterocycles.